The van der Waals surface area contributed by atoms with Gasteiger partial charge in [-0.2, -0.15) is 0 Å². The molecule has 0 saturated carbocycles. The van der Waals surface area contributed by atoms with Gasteiger partial charge in [-0.15, -0.1) is 0 Å². The Labute approximate surface area is 141 Å². The van der Waals surface area contributed by atoms with Crippen LogP contribution in [0.1, 0.15) is 5.56 Å². The summed E-state index contributed by atoms with van der Waals surface area (Å²) >= 11 is 3.49. The molecule has 0 radical (unpaired) electrons. The molecule has 0 amide bonds. The van der Waals surface area contributed by atoms with Crippen molar-refractivity contribution in [3.8, 4) is 0 Å². The van der Waals surface area contributed by atoms with Gasteiger partial charge in [0.15, 0.2) is 16.6 Å². The van der Waals surface area contributed by atoms with E-state index in [4.69, 9.17) is 8.23 Å². The minimum absolute atomic E-state index is 1.03. The van der Waals surface area contributed by atoms with Gasteiger partial charge in [-0.1, -0.05) is 28.1 Å². The largest absolute Gasteiger partial charge is 0.437 e. The van der Waals surface area contributed by atoms with E-state index in [0.717, 1.165) is 16.9 Å². The molecule has 21 heavy (non-hydrogen) atoms. The molecule has 1 aromatic rings. The number of benzene rings is 1. The number of hydrogen-bond acceptors (Lipinski definition) is 2. The van der Waals surface area contributed by atoms with Crippen LogP contribution in [0.2, 0.25) is 51.9 Å². The fraction of sp³-hybridized carbons (Fsp3) is 0.600. The van der Waals surface area contributed by atoms with Crippen LogP contribution in [-0.4, -0.2) is 25.2 Å². The molecule has 1 rings (SSSR count). The van der Waals surface area contributed by atoms with E-state index in [2.05, 4.69) is 86.0 Å². The van der Waals surface area contributed by atoms with Crippen molar-refractivity contribution in [3.63, 3.8) is 0 Å². The van der Waals surface area contributed by atoms with Crippen molar-refractivity contribution in [2.45, 2.75) is 58.3 Å². The molecule has 0 atom stereocenters. The Morgan fingerprint density at radius 2 is 1.24 bits per heavy atom. The van der Waals surface area contributed by atoms with Crippen LogP contribution in [0.5, 0.6) is 0 Å². The molecule has 0 aliphatic rings. The minimum atomic E-state index is -2.10. The molecule has 2 nitrogen and oxygen atoms in total. The van der Waals surface area contributed by atoms with Gasteiger partial charge in [0.1, 0.15) is 0 Å². The predicted molar refractivity (Wildman–Crippen MR) is 103 cm³/mol. The summed E-state index contributed by atoms with van der Waals surface area (Å²) in [5.74, 6) is 0. The second-order valence-corrected chi connectivity index (χ2v) is 21.5. The molecule has 0 aliphatic carbocycles. The van der Waals surface area contributed by atoms with E-state index >= 15 is 0 Å². The van der Waals surface area contributed by atoms with Gasteiger partial charge in [0.05, 0.1) is 0 Å². The number of rotatable bonds is 7. The Morgan fingerprint density at radius 1 is 0.810 bits per heavy atom. The van der Waals surface area contributed by atoms with Gasteiger partial charge in [0.2, 0.25) is 0 Å². The maximum absolute atomic E-state index is 6.53. The standard InChI is InChI=1S/C15H29BrO2Si3/c1-19(2,3)17-21(7,18-20(4,5)6)13-12-14-8-10-15(16)11-9-14/h8-11H,12-13H2,1-7H3. The third-order valence-corrected chi connectivity index (χ3v) is 12.9. The SMILES string of the molecule is C[Si](C)(C)O[Si](C)(CCc1ccc(Br)cc1)O[Si](C)(C)C. The highest BCUT2D eigenvalue weighted by Crippen LogP contribution is 2.26. The molecule has 0 aliphatic heterocycles. The van der Waals surface area contributed by atoms with E-state index in [1.165, 1.54) is 5.56 Å². The molecule has 0 spiro atoms. The van der Waals surface area contributed by atoms with Gasteiger partial charge in [-0.25, -0.2) is 0 Å². The van der Waals surface area contributed by atoms with E-state index < -0.39 is 25.2 Å². The average molecular weight is 406 g/mol. The summed E-state index contributed by atoms with van der Waals surface area (Å²) in [4.78, 5) is 0. The lowest BCUT2D eigenvalue weighted by Crippen LogP contribution is -2.52. The van der Waals surface area contributed by atoms with Gasteiger partial charge < -0.3 is 8.23 Å². The zero-order valence-electron chi connectivity index (χ0n) is 14.4. The monoisotopic (exact) mass is 404 g/mol. The minimum Gasteiger partial charge on any atom is -0.437 e. The van der Waals surface area contributed by atoms with Crippen LogP contribution in [0.3, 0.4) is 0 Å². The molecular formula is C15H29BrO2Si3. The highest BCUT2D eigenvalue weighted by Gasteiger charge is 2.39. The summed E-state index contributed by atoms with van der Waals surface area (Å²) in [6.45, 7) is 15.8. The van der Waals surface area contributed by atoms with Crippen molar-refractivity contribution in [1.29, 1.82) is 0 Å². The van der Waals surface area contributed by atoms with Crippen LogP contribution in [0.25, 0.3) is 0 Å². The zero-order valence-corrected chi connectivity index (χ0v) is 19.0. The van der Waals surface area contributed by atoms with Crippen LogP contribution in [-0.2, 0) is 14.7 Å². The lowest BCUT2D eigenvalue weighted by molar-refractivity contribution is 0.383. The van der Waals surface area contributed by atoms with E-state index in [9.17, 15) is 0 Å². The normalized spacial score (nSPS) is 13.5. The van der Waals surface area contributed by atoms with E-state index in [0.29, 0.717) is 0 Å². The van der Waals surface area contributed by atoms with Crippen LogP contribution in [0, 0.1) is 0 Å². The number of aryl methyl sites for hydroxylation is 1. The Balaban J connectivity index is 2.79. The van der Waals surface area contributed by atoms with Gasteiger partial charge in [-0.3, -0.25) is 0 Å². The van der Waals surface area contributed by atoms with Crippen molar-refractivity contribution in [1.82, 2.24) is 0 Å². The summed E-state index contributed by atoms with van der Waals surface area (Å²) in [6.07, 6.45) is 1.03. The van der Waals surface area contributed by atoms with E-state index in [-0.39, 0.29) is 0 Å². The van der Waals surface area contributed by atoms with Gasteiger partial charge in [0.25, 0.3) is 0 Å². The summed E-state index contributed by atoms with van der Waals surface area (Å²) in [5.41, 5.74) is 1.36. The lowest BCUT2D eigenvalue weighted by atomic mass is 10.2. The number of halogens is 1. The molecule has 0 fully saturated rings. The maximum Gasteiger partial charge on any atom is 0.314 e. The first kappa shape index (κ1) is 19.3. The molecule has 0 N–H and O–H groups in total. The summed E-state index contributed by atoms with van der Waals surface area (Å²) in [5, 5.41) is 0. The number of hydrogen-bond donors (Lipinski definition) is 0. The van der Waals surface area contributed by atoms with Crippen molar-refractivity contribution in [2.24, 2.45) is 0 Å². The van der Waals surface area contributed by atoms with Crippen LogP contribution >= 0.6 is 15.9 Å². The molecule has 120 valence electrons. The van der Waals surface area contributed by atoms with E-state index in [1.807, 2.05) is 0 Å². The zero-order chi connectivity index (χ0) is 16.3. The van der Waals surface area contributed by atoms with Crippen LogP contribution < -0.4 is 0 Å². The third kappa shape index (κ3) is 8.47. The summed E-state index contributed by atoms with van der Waals surface area (Å²) in [6, 6.07) is 9.60. The Hall–Kier alpha value is 0.271. The average Bonchev–Trinajstić information content (AvgIpc) is 2.23. The lowest BCUT2D eigenvalue weighted by Gasteiger charge is -2.38. The molecule has 0 bridgehead atoms. The molecule has 0 aromatic heterocycles. The molecule has 0 heterocycles. The Morgan fingerprint density at radius 3 is 1.62 bits per heavy atom. The summed E-state index contributed by atoms with van der Waals surface area (Å²) < 4.78 is 14.2. The first-order valence-electron chi connectivity index (χ1n) is 7.53. The smallest absolute Gasteiger partial charge is 0.314 e. The van der Waals surface area contributed by atoms with Crippen LogP contribution in [0.15, 0.2) is 28.7 Å². The van der Waals surface area contributed by atoms with Crippen molar-refractivity contribution in [2.75, 3.05) is 0 Å². The van der Waals surface area contributed by atoms with Gasteiger partial charge in [-0.05, 0) is 76.0 Å². The second kappa shape index (κ2) is 7.23. The summed E-state index contributed by atoms with van der Waals surface area (Å²) in [7, 11) is -5.28. The molecule has 0 unspecified atom stereocenters. The topological polar surface area (TPSA) is 18.5 Å². The molecule has 0 saturated heterocycles. The van der Waals surface area contributed by atoms with E-state index in [1.54, 1.807) is 0 Å². The highest BCUT2D eigenvalue weighted by molar-refractivity contribution is 9.10. The van der Waals surface area contributed by atoms with Crippen molar-refractivity contribution < 1.29 is 8.23 Å². The fourth-order valence-electron chi connectivity index (χ4n) is 2.44. The van der Waals surface area contributed by atoms with Gasteiger partial charge in [0, 0.05) is 4.47 Å². The molecule has 1 aromatic carbocycles. The van der Waals surface area contributed by atoms with Crippen molar-refractivity contribution >= 4 is 41.1 Å². The Kier molecular flexibility index (Phi) is 6.65. The third-order valence-electron chi connectivity index (χ3n) is 2.83. The van der Waals surface area contributed by atoms with Crippen molar-refractivity contribution in [3.05, 3.63) is 34.3 Å². The quantitative estimate of drug-likeness (QED) is 0.537. The van der Waals surface area contributed by atoms with Gasteiger partial charge >= 0.3 is 8.56 Å². The molecular weight excluding hydrogens is 376 g/mol. The second-order valence-electron chi connectivity index (χ2n) is 7.69. The molecule has 6 heteroatoms. The first-order valence-corrected chi connectivity index (χ1v) is 17.7. The van der Waals surface area contributed by atoms with Crippen LogP contribution in [0.4, 0.5) is 0 Å². The first-order chi connectivity index (χ1) is 9.39. The predicted octanol–water partition coefficient (Wildman–Crippen LogP) is 5.77. The Bertz CT molecular complexity index is 433. The maximum atomic E-state index is 6.53. The highest BCUT2D eigenvalue weighted by atomic mass is 79.9. The fourth-order valence-corrected chi connectivity index (χ4v) is 15.2.